The average Bonchev–Trinajstić information content (AvgIpc) is 2.56. The monoisotopic (exact) mass is 387 g/mol. The second-order valence-electron chi connectivity index (χ2n) is 8.94. The number of unbranched alkanes of at least 4 members (excludes halogenated alkanes) is 16. The fourth-order valence-electron chi connectivity index (χ4n) is 3.31. The fraction of sp³-hybridized carbons (Fsp3) is 0.957. The summed E-state index contributed by atoms with van der Waals surface area (Å²) >= 11 is 0. The van der Waals surface area contributed by atoms with Gasteiger partial charge in [0, 0.05) is 0 Å². The number of nitrogens with zero attached hydrogens (tertiary/aromatic N) is 1. The van der Waals surface area contributed by atoms with Crippen LogP contribution in [0, 0.1) is 0 Å². The Morgan fingerprint density at radius 3 is 1.07 bits per heavy atom. The van der Waals surface area contributed by atoms with Gasteiger partial charge in [0.1, 0.15) is 0 Å². The number of carboxylic acid groups (broad SMARTS) is 2. The standard InChI is InChI=1S/C22H48N.CH2O3/c1-5-6-7-8-9-10-11-12-13-14-15-16-17-18-19-20-21-22-23(2,3)4;2-1(3)4/h5-22H2,1-4H3;(H2,2,3,4)/q+1;/p-1. The molecule has 0 aliphatic rings. The Labute approximate surface area is 169 Å². The molecule has 0 radical (unpaired) electrons. The molecule has 0 atom stereocenters. The Bertz CT molecular complexity index is 296. The summed E-state index contributed by atoms with van der Waals surface area (Å²) in [4.78, 5) is 8.44. The van der Waals surface area contributed by atoms with Crippen LogP contribution in [0.1, 0.15) is 116 Å². The summed E-state index contributed by atoms with van der Waals surface area (Å²) in [6.07, 6.45) is 22.8. The van der Waals surface area contributed by atoms with E-state index in [1.54, 1.807) is 0 Å². The number of carbonyl (C=O) groups is 1. The van der Waals surface area contributed by atoms with Gasteiger partial charge in [-0.05, 0) is 12.8 Å². The number of quaternary nitrogens is 1. The first-order chi connectivity index (χ1) is 12.8. The molecule has 0 aliphatic heterocycles. The van der Waals surface area contributed by atoms with Gasteiger partial charge in [0.15, 0.2) is 0 Å². The van der Waals surface area contributed by atoms with Crippen molar-refractivity contribution >= 4 is 6.16 Å². The summed E-state index contributed by atoms with van der Waals surface area (Å²) in [6, 6.07) is 0. The van der Waals surface area contributed by atoms with Crippen LogP contribution < -0.4 is 5.11 Å². The van der Waals surface area contributed by atoms with Gasteiger partial charge < -0.3 is 19.5 Å². The zero-order valence-corrected chi connectivity index (χ0v) is 18.9. The third kappa shape index (κ3) is 36.8. The molecule has 0 rings (SSSR count). The van der Waals surface area contributed by atoms with E-state index >= 15 is 0 Å². The summed E-state index contributed by atoms with van der Waals surface area (Å²) in [6.45, 7) is 3.63. The highest BCUT2D eigenvalue weighted by Gasteiger charge is 2.04. The molecule has 4 nitrogen and oxygen atoms in total. The van der Waals surface area contributed by atoms with Gasteiger partial charge in [0.05, 0.1) is 27.7 Å². The molecule has 0 amide bonds. The Morgan fingerprint density at radius 1 is 0.630 bits per heavy atom. The molecule has 0 aromatic heterocycles. The first kappa shape index (κ1) is 28.4. The smallest absolute Gasteiger partial charge is 0.249 e. The van der Waals surface area contributed by atoms with Crippen molar-refractivity contribution in [2.24, 2.45) is 0 Å². The summed E-state index contributed by atoms with van der Waals surface area (Å²) in [7, 11) is 6.89. The van der Waals surface area contributed by atoms with Crippen LogP contribution in [0.3, 0.4) is 0 Å². The van der Waals surface area contributed by atoms with Crippen LogP contribution in [0.4, 0.5) is 4.79 Å². The summed E-state index contributed by atoms with van der Waals surface area (Å²) in [5.41, 5.74) is 0. The number of rotatable bonds is 18. The fourth-order valence-corrected chi connectivity index (χ4v) is 3.31. The maximum atomic E-state index is 8.44. The minimum Gasteiger partial charge on any atom is -0.565 e. The maximum absolute atomic E-state index is 8.44. The molecular weight excluding hydrogens is 338 g/mol. The van der Waals surface area contributed by atoms with Crippen LogP contribution in [0.25, 0.3) is 0 Å². The lowest BCUT2D eigenvalue weighted by molar-refractivity contribution is -0.870. The maximum Gasteiger partial charge on any atom is 0.249 e. The molecular formula is C23H49NO3. The van der Waals surface area contributed by atoms with Crippen LogP contribution in [-0.2, 0) is 0 Å². The number of hydrogen-bond donors (Lipinski definition) is 1. The Kier molecular flexibility index (Phi) is 22.7. The molecule has 0 aliphatic carbocycles. The Morgan fingerprint density at radius 2 is 0.852 bits per heavy atom. The first-order valence-corrected chi connectivity index (χ1v) is 11.5. The molecule has 0 aromatic rings. The lowest BCUT2D eigenvalue weighted by Crippen LogP contribution is -2.35. The second-order valence-corrected chi connectivity index (χ2v) is 8.94. The molecule has 0 fully saturated rings. The topological polar surface area (TPSA) is 60.4 Å². The van der Waals surface area contributed by atoms with E-state index in [-0.39, 0.29) is 0 Å². The number of hydrogen-bond acceptors (Lipinski definition) is 2. The molecule has 0 saturated heterocycles. The van der Waals surface area contributed by atoms with Crippen molar-refractivity contribution in [1.29, 1.82) is 0 Å². The molecule has 0 spiro atoms. The molecule has 4 heteroatoms. The molecule has 0 aromatic carbocycles. The van der Waals surface area contributed by atoms with Crippen molar-refractivity contribution in [2.45, 2.75) is 116 Å². The predicted octanol–water partition coefficient (Wildman–Crippen LogP) is 6.23. The van der Waals surface area contributed by atoms with Crippen LogP contribution in [0.15, 0.2) is 0 Å². The summed E-state index contributed by atoms with van der Waals surface area (Å²) in [5.74, 6) is 0. The largest absolute Gasteiger partial charge is 0.565 e. The zero-order valence-electron chi connectivity index (χ0n) is 18.9. The van der Waals surface area contributed by atoms with Crippen LogP contribution in [-0.4, -0.2) is 43.4 Å². The van der Waals surface area contributed by atoms with Crippen molar-refractivity contribution < 1.29 is 19.5 Å². The third-order valence-corrected chi connectivity index (χ3v) is 4.93. The highest BCUT2D eigenvalue weighted by molar-refractivity contribution is 5.50. The van der Waals surface area contributed by atoms with Crippen molar-refractivity contribution in [3.05, 3.63) is 0 Å². The molecule has 164 valence electrons. The SMILES string of the molecule is CCCCCCCCCCCCCCCCCCC[N+](C)(C)C.O=C([O-])O. The van der Waals surface area contributed by atoms with E-state index in [2.05, 4.69) is 28.1 Å². The average molecular weight is 388 g/mol. The lowest BCUT2D eigenvalue weighted by atomic mass is 10.0. The van der Waals surface area contributed by atoms with Gasteiger partial charge >= 0.3 is 0 Å². The summed E-state index contributed by atoms with van der Waals surface area (Å²) < 4.78 is 1.12. The van der Waals surface area contributed by atoms with Gasteiger partial charge in [0.25, 0.3) is 0 Å². The minimum absolute atomic E-state index is 1.12. The molecule has 0 heterocycles. The molecule has 27 heavy (non-hydrogen) atoms. The van der Waals surface area contributed by atoms with Crippen LogP contribution >= 0.6 is 0 Å². The zero-order chi connectivity index (χ0) is 20.8. The van der Waals surface area contributed by atoms with E-state index in [1.165, 1.54) is 116 Å². The normalized spacial score (nSPS) is 11.1. The van der Waals surface area contributed by atoms with Crippen LogP contribution in [0.5, 0.6) is 0 Å². The van der Waals surface area contributed by atoms with Gasteiger partial charge in [-0.1, -0.05) is 103 Å². The first-order valence-electron chi connectivity index (χ1n) is 11.5. The predicted molar refractivity (Wildman–Crippen MR) is 115 cm³/mol. The van der Waals surface area contributed by atoms with Gasteiger partial charge in [-0.3, -0.25) is 0 Å². The van der Waals surface area contributed by atoms with Gasteiger partial charge in [-0.15, -0.1) is 0 Å². The summed E-state index contributed by atoms with van der Waals surface area (Å²) in [5, 5.41) is 15.3. The quantitative estimate of drug-likeness (QED) is 0.224. The van der Waals surface area contributed by atoms with Crippen molar-refractivity contribution in [3.8, 4) is 0 Å². The van der Waals surface area contributed by atoms with Gasteiger partial charge in [-0.25, -0.2) is 0 Å². The van der Waals surface area contributed by atoms with Crippen LogP contribution in [0.2, 0.25) is 0 Å². The molecule has 1 N–H and O–H groups in total. The van der Waals surface area contributed by atoms with E-state index in [1.807, 2.05) is 0 Å². The van der Waals surface area contributed by atoms with Crippen molar-refractivity contribution in [1.82, 2.24) is 0 Å². The van der Waals surface area contributed by atoms with Gasteiger partial charge in [-0.2, -0.15) is 0 Å². The van der Waals surface area contributed by atoms with E-state index in [0.717, 1.165) is 4.48 Å². The Hall–Kier alpha value is -0.770. The minimum atomic E-state index is -2.08. The molecule has 0 bridgehead atoms. The third-order valence-electron chi connectivity index (χ3n) is 4.93. The lowest BCUT2D eigenvalue weighted by Gasteiger charge is -2.23. The van der Waals surface area contributed by atoms with E-state index < -0.39 is 6.16 Å². The van der Waals surface area contributed by atoms with E-state index in [9.17, 15) is 0 Å². The highest BCUT2D eigenvalue weighted by atomic mass is 16.6. The highest BCUT2D eigenvalue weighted by Crippen LogP contribution is 2.14. The second kappa shape index (κ2) is 21.5. The molecule has 0 saturated carbocycles. The van der Waals surface area contributed by atoms with E-state index in [4.69, 9.17) is 15.0 Å². The van der Waals surface area contributed by atoms with Crippen molar-refractivity contribution in [2.75, 3.05) is 27.7 Å². The molecule has 0 unspecified atom stereocenters. The van der Waals surface area contributed by atoms with Crippen molar-refractivity contribution in [3.63, 3.8) is 0 Å². The van der Waals surface area contributed by atoms with E-state index in [0.29, 0.717) is 0 Å². The van der Waals surface area contributed by atoms with Gasteiger partial charge in [0.2, 0.25) is 6.16 Å². The Balaban J connectivity index is 0.